The van der Waals surface area contributed by atoms with Gasteiger partial charge in [0, 0.05) is 18.2 Å². The Bertz CT molecular complexity index is 703. The molecule has 1 aliphatic carbocycles. The minimum absolute atomic E-state index is 0.0984. The molecule has 1 saturated carbocycles. The molecule has 1 N–H and O–H groups in total. The van der Waals surface area contributed by atoms with Gasteiger partial charge in [-0.05, 0) is 55.9 Å². The van der Waals surface area contributed by atoms with Gasteiger partial charge in [0.2, 0.25) is 0 Å². The van der Waals surface area contributed by atoms with Crippen LogP contribution in [0, 0.1) is 0 Å². The van der Waals surface area contributed by atoms with Gasteiger partial charge in [0.15, 0.2) is 0 Å². The fourth-order valence-corrected chi connectivity index (χ4v) is 3.43. The van der Waals surface area contributed by atoms with Crippen molar-refractivity contribution in [1.29, 1.82) is 0 Å². The van der Waals surface area contributed by atoms with Crippen molar-refractivity contribution in [3.8, 4) is 11.5 Å². The lowest BCUT2D eigenvalue weighted by atomic mass is 10.0. The van der Waals surface area contributed by atoms with Crippen molar-refractivity contribution in [2.75, 3.05) is 27.4 Å². The number of ether oxygens (including phenoxy) is 3. The first-order valence-electron chi connectivity index (χ1n) is 9.79. The molecule has 0 bridgehead atoms. The Hall–Kier alpha value is -2.04. The molecule has 0 spiro atoms. The molecule has 0 saturated heterocycles. The van der Waals surface area contributed by atoms with E-state index in [1.54, 1.807) is 14.2 Å². The van der Waals surface area contributed by atoms with E-state index in [2.05, 4.69) is 43.4 Å². The van der Waals surface area contributed by atoms with Gasteiger partial charge in [0.25, 0.3) is 0 Å². The van der Waals surface area contributed by atoms with Crippen molar-refractivity contribution in [3.05, 3.63) is 59.2 Å². The fraction of sp³-hybridized carbons (Fsp3) is 0.478. The van der Waals surface area contributed by atoms with Gasteiger partial charge in [-0.15, -0.1) is 0 Å². The van der Waals surface area contributed by atoms with Gasteiger partial charge in [-0.3, -0.25) is 0 Å². The van der Waals surface area contributed by atoms with Crippen molar-refractivity contribution in [2.24, 2.45) is 0 Å². The second kappa shape index (κ2) is 9.25. The van der Waals surface area contributed by atoms with E-state index in [-0.39, 0.29) is 12.1 Å². The minimum Gasteiger partial charge on any atom is -0.496 e. The van der Waals surface area contributed by atoms with Crippen LogP contribution in [0.5, 0.6) is 11.5 Å². The highest BCUT2D eigenvalue weighted by Crippen LogP contribution is 2.49. The van der Waals surface area contributed by atoms with Crippen LogP contribution in [0.2, 0.25) is 0 Å². The van der Waals surface area contributed by atoms with E-state index in [1.807, 2.05) is 18.2 Å². The van der Waals surface area contributed by atoms with Crippen molar-refractivity contribution in [2.45, 2.75) is 44.8 Å². The summed E-state index contributed by atoms with van der Waals surface area (Å²) in [5.41, 5.74) is 3.59. The highest BCUT2D eigenvalue weighted by molar-refractivity contribution is 5.52. The Balaban J connectivity index is 1.55. The van der Waals surface area contributed by atoms with Crippen LogP contribution in [-0.4, -0.2) is 27.4 Å². The van der Waals surface area contributed by atoms with Crippen LogP contribution in [0.4, 0.5) is 0 Å². The van der Waals surface area contributed by atoms with Crippen molar-refractivity contribution in [3.63, 3.8) is 0 Å². The summed E-state index contributed by atoms with van der Waals surface area (Å²) in [5, 5.41) is 3.54. The third-order valence-corrected chi connectivity index (χ3v) is 5.24. The van der Waals surface area contributed by atoms with E-state index < -0.39 is 0 Å². The monoisotopic (exact) mass is 369 g/mol. The second-order valence-corrected chi connectivity index (χ2v) is 7.21. The molecular formula is C23H31NO3. The number of methoxy groups -OCH3 is 2. The van der Waals surface area contributed by atoms with Gasteiger partial charge < -0.3 is 19.5 Å². The fourth-order valence-electron chi connectivity index (χ4n) is 3.43. The molecule has 0 heterocycles. The highest BCUT2D eigenvalue weighted by Gasteiger charge is 2.31. The van der Waals surface area contributed by atoms with Gasteiger partial charge in [0.05, 0.1) is 26.9 Å². The lowest BCUT2D eigenvalue weighted by molar-refractivity contribution is 0.0666. The molecule has 2 aromatic rings. The molecule has 4 heteroatoms. The predicted octanol–water partition coefficient (Wildman–Crippen LogP) is 5.01. The molecular weight excluding hydrogens is 338 g/mol. The summed E-state index contributed by atoms with van der Waals surface area (Å²) in [6.45, 7) is 5.69. The lowest BCUT2D eigenvalue weighted by Gasteiger charge is -2.20. The SMILES string of the molecule is COc1cc([C@@H](C)NCCO[C@@H](C)c2ccccc2)cc(OC)c1C1CC1. The summed E-state index contributed by atoms with van der Waals surface area (Å²) in [6.07, 6.45) is 2.54. The first kappa shape index (κ1) is 19.7. The Labute approximate surface area is 162 Å². The molecule has 0 aliphatic heterocycles. The molecule has 2 aromatic carbocycles. The topological polar surface area (TPSA) is 39.7 Å². The first-order valence-corrected chi connectivity index (χ1v) is 9.79. The summed E-state index contributed by atoms with van der Waals surface area (Å²) in [4.78, 5) is 0. The van der Waals surface area contributed by atoms with Crippen LogP contribution in [0.1, 0.15) is 61.4 Å². The van der Waals surface area contributed by atoms with E-state index in [1.165, 1.54) is 29.5 Å². The van der Waals surface area contributed by atoms with Gasteiger partial charge in [-0.2, -0.15) is 0 Å². The number of benzene rings is 2. The van der Waals surface area contributed by atoms with E-state index in [0.29, 0.717) is 12.5 Å². The Kier molecular flexibility index (Phi) is 6.75. The molecule has 3 rings (SSSR count). The summed E-state index contributed by atoms with van der Waals surface area (Å²) < 4.78 is 17.3. The predicted molar refractivity (Wildman–Crippen MR) is 109 cm³/mol. The third kappa shape index (κ3) is 5.02. The van der Waals surface area contributed by atoms with Gasteiger partial charge in [-0.25, -0.2) is 0 Å². The van der Waals surface area contributed by atoms with Crippen LogP contribution in [0.25, 0.3) is 0 Å². The number of rotatable bonds is 10. The van der Waals surface area contributed by atoms with Gasteiger partial charge in [0.1, 0.15) is 11.5 Å². The highest BCUT2D eigenvalue weighted by atomic mass is 16.5. The van der Waals surface area contributed by atoms with Gasteiger partial charge in [-0.1, -0.05) is 30.3 Å². The summed E-state index contributed by atoms with van der Waals surface area (Å²) in [7, 11) is 3.47. The maximum Gasteiger partial charge on any atom is 0.126 e. The molecule has 0 radical (unpaired) electrons. The van der Waals surface area contributed by atoms with E-state index in [9.17, 15) is 0 Å². The van der Waals surface area contributed by atoms with E-state index in [4.69, 9.17) is 14.2 Å². The molecule has 0 amide bonds. The largest absolute Gasteiger partial charge is 0.496 e. The van der Waals surface area contributed by atoms with Crippen LogP contribution in [0.3, 0.4) is 0 Å². The van der Waals surface area contributed by atoms with Crippen molar-refractivity contribution >= 4 is 0 Å². The average molecular weight is 370 g/mol. The maximum absolute atomic E-state index is 5.95. The second-order valence-electron chi connectivity index (χ2n) is 7.21. The maximum atomic E-state index is 5.95. The Morgan fingerprint density at radius 2 is 1.59 bits per heavy atom. The number of hydrogen-bond acceptors (Lipinski definition) is 4. The minimum atomic E-state index is 0.0984. The van der Waals surface area contributed by atoms with Gasteiger partial charge >= 0.3 is 0 Å². The quantitative estimate of drug-likeness (QED) is 0.598. The van der Waals surface area contributed by atoms with Crippen molar-refractivity contribution in [1.82, 2.24) is 5.32 Å². The molecule has 4 nitrogen and oxygen atoms in total. The molecule has 1 fully saturated rings. The van der Waals surface area contributed by atoms with Crippen LogP contribution in [0.15, 0.2) is 42.5 Å². The Morgan fingerprint density at radius 3 is 2.15 bits per heavy atom. The molecule has 0 unspecified atom stereocenters. The first-order chi connectivity index (χ1) is 13.1. The lowest BCUT2D eigenvalue weighted by Crippen LogP contribution is -2.24. The van der Waals surface area contributed by atoms with E-state index in [0.717, 1.165) is 18.0 Å². The van der Waals surface area contributed by atoms with Crippen LogP contribution in [-0.2, 0) is 4.74 Å². The average Bonchev–Trinajstić information content (AvgIpc) is 3.55. The zero-order valence-electron chi connectivity index (χ0n) is 16.8. The smallest absolute Gasteiger partial charge is 0.126 e. The molecule has 2 atom stereocenters. The normalized spacial score (nSPS) is 16.0. The number of nitrogens with one attached hydrogen (secondary N) is 1. The Morgan fingerprint density at radius 1 is 0.963 bits per heavy atom. The summed E-state index contributed by atoms with van der Waals surface area (Å²) >= 11 is 0. The van der Waals surface area contributed by atoms with E-state index >= 15 is 0 Å². The van der Waals surface area contributed by atoms with Crippen LogP contribution >= 0.6 is 0 Å². The number of hydrogen-bond donors (Lipinski definition) is 1. The third-order valence-electron chi connectivity index (χ3n) is 5.24. The van der Waals surface area contributed by atoms with Crippen LogP contribution < -0.4 is 14.8 Å². The zero-order valence-corrected chi connectivity index (χ0v) is 16.8. The standard InChI is InChI=1S/C23H31NO3/c1-16(24-12-13-27-17(2)18-8-6-5-7-9-18)20-14-21(25-3)23(19-10-11-19)22(15-20)26-4/h5-9,14-17,19,24H,10-13H2,1-4H3/t16-,17+/m1/s1. The van der Waals surface area contributed by atoms with Crippen molar-refractivity contribution < 1.29 is 14.2 Å². The molecule has 146 valence electrons. The molecule has 0 aromatic heterocycles. The summed E-state index contributed by atoms with van der Waals surface area (Å²) in [5.74, 6) is 2.46. The molecule has 27 heavy (non-hydrogen) atoms. The summed E-state index contributed by atoms with van der Waals surface area (Å²) in [6, 6.07) is 14.8. The zero-order chi connectivity index (χ0) is 19.2. The molecule has 1 aliphatic rings.